The highest BCUT2D eigenvalue weighted by atomic mass is 16.5. The van der Waals surface area contributed by atoms with Gasteiger partial charge < -0.3 is 14.5 Å². The van der Waals surface area contributed by atoms with Crippen molar-refractivity contribution in [3.63, 3.8) is 0 Å². The molecule has 0 saturated carbocycles. The maximum atomic E-state index is 12.4. The first-order valence-electron chi connectivity index (χ1n) is 17.6. The van der Waals surface area contributed by atoms with Gasteiger partial charge in [-0.2, -0.15) is 0 Å². The van der Waals surface area contributed by atoms with Gasteiger partial charge in [-0.25, -0.2) is 4.79 Å². The second-order valence-corrected chi connectivity index (χ2v) is 13.4. The van der Waals surface area contributed by atoms with Gasteiger partial charge in [0, 0.05) is 19.4 Å². The summed E-state index contributed by atoms with van der Waals surface area (Å²) < 4.78 is 6.12. The average molecular weight is 588 g/mol. The molecule has 0 aliphatic rings. The monoisotopic (exact) mass is 588 g/mol. The number of hydrogen-bond acceptors (Lipinski definition) is 3. The Morgan fingerprint density at radius 2 is 1.31 bits per heavy atom. The Balaban J connectivity index is 1.92. The number of likely N-dealkylation sites (N-methyl/N-ethyl adjacent to an activating group) is 1. The molecule has 1 aromatic rings. The molecule has 0 aliphatic carbocycles. The standard InChI is InChI=1S/C37H66N2O3/c1-5-6-7-8-9-10-11-12-13-14-15-16-17-18-22-26-36(40)38-30-23-31-39(3,4)33-37(41)42-32-29-34(2)27-28-35-24-20-19-21-25-35/h19-21,24-25,34H,5-18,22-23,26-33H2,1-4H3/p+1. The molecule has 1 amide bonds. The largest absolute Gasteiger partial charge is 0.462 e. The number of nitrogens with one attached hydrogen (secondary N) is 1. The zero-order valence-electron chi connectivity index (χ0n) is 28.1. The first-order chi connectivity index (χ1) is 20.3. The third kappa shape index (κ3) is 23.7. The van der Waals surface area contributed by atoms with E-state index in [4.69, 9.17) is 4.74 Å². The molecule has 42 heavy (non-hydrogen) atoms. The average Bonchev–Trinajstić information content (AvgIpc) is 2.96. The van der Waals surface area contributed by atoms with Gasteiger partial charge in [0.1, 0.15) is 0 Å². The quantitative estimate of drug-likeness (QED) is 0.0604. The van der Waals surface area contributed by atoms with Crippen LogP contribution in [0.1, 0.15) is 141 Å². The first kappa shape index (κ1) is 38.1. The summed E-state index contributed by atoms with van der Waals surface area (Å²) in [7, 11) is 4.11. The van der Waals surface area contributed by atoms with Gasteiger partial charge in [-0.15, -0.1) is 0 Å². The first-order valence-corrected chi connectivity index (χ1v) is 17.6. The molecule has 1 unspecified atom stereocenters. The fourth-order valence-electron chi connectivity index (χ4n) is 5.53. The highest BCUT2D eigenvalue weighted by molar-refractivity contribution is 5.75. The van der Waals surface area contributed by atoms with Gasteiger partial charge in [0.2, 0.25) is 5.91 Å². The van der Waals surface area contributed by atoms with Gasteiger partial charge in [-0.3, -0.25) is 4.79 Å². The minimum absolute atomic E-state index is 0.132. The predicted molar refractivity (Wildman–Crippen MR) is 179 cm³/mol. The van der Waals surface area contributed by atoms with E-state index in [9.17, 15) is 9.59 Å². The number of nitrogens with zero attached hydrogens (tertiary/aromatic N) is 1. The maximum Gasteiger partial charge on any atom is 0.361 e. The number of esters is 1. The second-order valence-electron chi connectivity index (χ2n) is 13.4. The Hall–Kier alpha value is -1.88. The van der Waals surface area contributed by atoms with Crippen LogP contribution in [-0.2, 0) is 20.7 Å². The predicted octanol–water partition coefficient (Wildman–Crippen LogP) is 9.03. The number of ether oxygens (including phenoxy) is 1. The number of quaternary nitrogens is 1. The molecule has 0 aromatic heterocycles. The lowest BCUT2D eigenvalue weighted by molar-refractivity contribution is -0.883. The summed E-state index contributed by atoms with van der Waals surface area (Å²) in [5.41, 5.74) is 1.36. The lowest BCUT2D eigenvalue weighted by atomic mass is 9.99. The Bertz CT molecular complexity index is 780. The second kappa shape index (κ2) is 25.6. The number of carbonyl (C=O) groups excluding carboxylic acids is 2. The summed E-state index contributed by atoms with van der Waals surface area (Å²) in [5, 5.41) is 3.06. The summed E-state index contributed by atoms with van der Waals surface area (Å²) in [6.07, 6.45) is 24.6. The Morgan fingerprint density at radius 1 is 0.762 bits per heavy atom. The molecule has 0 fully saturated rings. The topological polar surface area (TPSA) is 55.4 Å². The normalized spacial score (nSPS) is 12.3. The lowest BCUT2D eigenvalue weighted by Gasteiger charge is -2.28. The van der Waals surface area contributed by atoms with E-state index in [1.807, 2.05) is 6.07 Å². The van der Waals surface area contributed by atoms with Crippen LogP contribution in [0.4, 0.5) is 0 Å². The smallest absolute Gasteiger partial charge is 0.361 e. The van der Waals surface area contributed by atoms with E-state index in [0.717, 1.165) is 45.1 Å². The van der Waals surface area contributed by atoms with E-state index in [0.29, 0.717) is 36.5 Å². The molecule has 1 atom stereocenters. The van der Waals surface area contributed by atoms with Crippen molar-refractivity contribution in [1.29, 1.82) is 0 Å². The van der Waals surface area contributed by atoms with Crippen molar-refractivity contribution in [3.05, 3.63) is 35.9 Å². The molecule has 5 heteroatoms. The molecule has 0 saturated heterocycles. The van der Waals surface area contributed by atoms with Crippen LogP contribution in [0.5, 0.6) is 0 Å². The summed E-state index contributed by atoms with van der Waals surface area (Å²) in [6.45, 7) is 6.87. The molecule has 1 N–H and O–H groups in total. The number of aryl methyl sites for hydroxylation is 1. The number of benzene rings is 1. The molecular weight excluding hydrogens is 520 g/mol. The van der Waals surface area contributed by atoms with Gasteiger partial charge in [-0.1, -0.05) is 134 Å². The number of amides is 1. The lowest BCUT2D eigenvalue weighted by Crippen LogP contribution is -2.46. The van der Waals surface area contributed by atoms with Crippen LogP contribution in [0.3, 0.4) is 0 Å². The molecule has 1 rings (SSSR count). The molecule has 0 bridgehead atoms. The molecule has 0 spiro atoms. The fourth-order valence-corrected chi connectivity index (χ4v) is 5.53. The van der Waals surface area contributed by atoms with E-state index < -0.39 is 0 Å². The van der Waals surface area contributed by atoms with Gasteiger partial charge in [0.05, 0.1) is 27.2 Å². The van der Waals surface area contributed by atoms with Crippen LogP contribution in [0, 0.1) is 5.92 Å². The Morgan fingerprint density at radius 3 is 1.88 bits per heavy atom. The molecule has 1 aromatic carbocycles. The van der Waals surface area contributed by atoms with Crippen molar-refractivity contribution in [2.24, 2.45) is 5.92 Å². The van der Waals surface area contributed by atoms with E-state index >= 15 is 0 Å². The van der Waals surface area contributed by atoms with Crippen molar-refractivity contribution >= 4 is 11.9 Å². The third-order valence-corrected chi connectivity index (χ3v) is 8.47. The van der Waals surface area contributed by atoms with Crippen molar-refractivity contribution in [2.75, 3.05) is 40.3 Å². The van der Waals surface area contributed by atoms with Crippen LogP contribution in [0.25, 0.3) is 0 Å². The van der Waals surface area contributed by atoms with Crippen LogP contribution >= 0.6 is 0 Å². The van der Waals surface area contributed by atoms with Gasteiger partial charge in [0.25, 0.3) is 0 Å². The number of rotatable bonds is 28. The van der Waals surface area contributed by atoms with Crippen LogP contribution < -0.4 is 5.32 Å². The number of hydrogen-bond donors (Lipinski definition) is 1. The maximum absolute atomic E-state index is 12.4. The fraction of sp³-hybridized carbons (Fsp3) is 0.784. The molecule has 5 nitrogen and oxygen atoms in total. The highest BCUT2D eigenvalue weighted by Crippen LogP contribution is 2.15. The Kier molecular flexibility index (Phi) is 23.3. The number of carbonyl (C=O) groups is 2. The van der Waals surface area contributed by atoms with Crippen molar-refractivity contribution in [2.45, 2.75) is 142 Å². The number of unbranched alkanes of at least 4 members (excludes halogenated alkanes) is 14. The molecule has 242 valence electrons. The zero-order chi connectivity index (χ0) is 30.7. The summed E-state index contributed by atoms with van der Waals surface area (Å²) in [5.74, 6) is 0.557. The van der Waals surface area contributed by atoms with Crippen molar-refractivity contribution in [1.82, 2.24) is 5.32 Å². The minimum atomic E-state index is -0.132. The molecule has 0 heterocycles. The highest BCUT2D eigenvalue weighted by Gasteiger charge is 2.21. The van der Waals surface area contributed by atoms with Crippen molar-refractivity contribution in [3.8, 4) is 0 Å². The Labute approximate surface area is 260 Å². The molecule has 0 radical (unpaired) electrons. The summed E-state index contributed by atoms with van der Waals surface area (Å²) in [4.78, 5) is 24.6. The molecular formula is C37H67N2O3+. The minimum Gasteiger partial charge on any atom is -0.462 e. The van der Waals surface area contributed by atoms with Gasteiger partial charge in [-0.05, 0) is 37.2 Å². The van der Waals surface area contributed by atoms with Gasteiger partial charge >= 0.3 is 5.97 Å². The van der Waals surface area contributed by atoms with E-state index in [2.05, 4.69) is 57.5 Å². The van der Waals surface area contributed by atoms with Crippen LogP contribution in [-0.4, -0.2) is 56.7 Å². The summed E-state index contributed by atoms with van der Waals surface area (Å²) >= 11 is 0. The van der Waals surface area contributed by atoms with E-state index in [1.165, 1.54) is 89.0 Å². The SMILES string of the molecule is CCCCCCCCCCCCCCCCCC(=O)NCCC[N+](C)(C)CC(=O)OCCC(C)CCc1ccccc1. The molecule has 0 aliphatic heterocycles. The summed E-state index contributed by atoms with van der Waals surface area (Å²) in [6, 6.07) is 10.5. The van der Waals surface area contributed by atoms with Crippen LogP contribution in [0.15, 0.2) is 30.3 Å². The third-order valence-electron chi connectivity index (χ3n) is 8.47. The zero-order valence-corrected chi connectivity index (χ0v) is 28.1. The van der Waals surface area contributed by atoms with E-state index in [-0.39, 0.29) is 11.9 Å². The van der Waals surface area contributed by atoms with Gasteiger partial charge in [0.15, 0.2) is 6.54 Å². The van der Waals surface area contributed by atoms with Crippen molar-refractivity contribution < 1.29 is 18.8 Å². The van der Waals surface area contributed by atoms with E-state index in [1.54, 1.807) is 0 Å². The van der Waals surface area contributed by atoms with Crippen LogP contribution in [0.2, 0.25) is 0 Å².